The maximum absolute atomic E-state index is 6.08. The lowest BCUT2D eigenvalue weighted by Gasteiger charge is -2.15. The number of aliphatic imine (C=N–C) groups is 1. The van der Waals surface area contributed by atoms with Crippen LogP contribution in [0.5, 0.6) is 0 Å². The van der Waals surface area contributed by atoms with Gasteiger partial charge >= 0.3 is 0 Å². The van der Waals surface area contributed by atoms with E-state index in [1.165, 1.54) is 0 Å². The Morgan fingerprint density at radius 1 is 1.27 bits per heavy atom. The molecule has 1 aromatic rings. The van der Waals surface area contributed by atoms with Crippen LogP contribution in [-0.4, -0.2) is 18.9 Å². The molecule has 0 atom stereocenters. The predicted octanol–water partition coefficient (Wildman–Crippen LogP) is 2.93. The van der Waals surface area contributed by atoms with Crippen LogP contribution in [0.3, 0.4) is 0 Å². The Balaban J connectivity index is 2.19. The van der Waals surface area contributed by atoms with Crippen molar-refractivity contribution in [2.75, 3.05) is 13.1 Å². The first kappa shape index (κ1) is 10.8. The quantitative estimate of drug-likeness (QED) is 0.848. The molecule has 0 radical (unpaired) electrons. The molecule has 1 N–H and O–H groups in total. The van der Waals surface area contributed by atoms with Crippen LogP contribution >= 0.6 is 23.2 Å². The highest BCUT2D eigenvalue weighted by Gasteiger charge is 2.10. The summed E-state index contributed by atoms with van der Waals surface area (Å²) >= 11 is 12.2. The topological polar surface area (TPSA) is 24.4 Å². The molecule has 0 unspecified atom stereocenters. The third-order valence-corrected chi connectivity index (χ3v) is 3.08. The molecule has 0 spiro atoms. The minimum atomic E-state index is 0.693. The molecular weight excluding hydrogens is 231 g/mol. The van der Waals surface area contributed by atoms with E-state index in [9.17, 15) is 0 Å². The lowest BCUT2D eigenvalue weighted by Crippen LogP contribution is -2.31. The molecule has 80 valence electrons. The zero-order chi connectivity index (χ0) is 10.7. The Labute approximate surface area is 99.3 Å². The van der Waals surface area contributed by atoms with Gasteiger partial charge < -0.3 is 5.32 Å². The van der Waals surface area contributed by atoms with E-state index in [0.29, 0.717) is 16.5 Å². The minimum Gasteiger partial charge on any atom is -0.373 e. The van der Waals surface area contributed by atoms with Crippen molar-refractivity contribution in [1.29, 1.82) is 0 Å². The van der Waals surface area contributed by atoms with Gasteiger partial charge in [0.1, 0.15) is 5.84 Å². The first-order valence-electron chi connectivity index (χ1n) is 4.97. The summed E-state index contributed by atoms with van der Waals surface area (Å²) in [6, 6.07) is 5.56. The van der Waals surface area contributed by atoms with Gasteiger partial charge in [-0.2, -0.15) is 0 Å². The zero-order valence-corrected chi connectivity index (χ0v) is 9.78. The summed E-state index contributed by atoms with van der Waals surface area (Å²) in [5.41, 5.74) is 0.953. The van der Waals surface area contributed by atoms with E-state index in [1.807, 2.05) is 18.2 Å². The standard InChI is InChI=1S/C11H12Cl2N2/c12-9-3-1-4-10(13)8(9)7-11-14-5-2-6-15-11/h1,3-4H,2,5-7H2,(H,14,15). The monoisotopic (exact) mass is 242 g/mol. The number of nitrogens with zero attached hydrogens (tertiary/aromatic N) is 1. The van der Waals surface area contributed by atoms with E-state index < -0.39 is 0 Å². The van der Waals surface area contributed by atoms with Gasteiger partial charge in [0.2, 0.25) is 0 Å². The molecule has 15 heavy (non-hydrogen) atoms. The van der Waals surface area contributed by atoms with Gasteiger partial charge in [0.15, 0.2) is 0 Å². The third kappa shape index (κ3) is 2.64. The minimum absolute atomic E-state index is 0.693. The van der Waals surface area contributed by atoms with Gasteiger partial charge in [0.05, 0.1) is 0 Å². The molecule has 0 amide bonds. The predicted molar refractivity (Wildman–Crippen MR) is 65.1 cm³/mol. The van der Waals surface area contributed by atoms with Gasteiger partial charge in [-0.25, -0.2) is 0 Å². The SMILES string of the molecule is Clc1cccc(Cl)c1CC1=NCCCN1. The summed E-state index contributed by atoms with van der Waals surface area (Å²) in [6.07, 6.45) is 1.79. The van der Waals surface area contributed by atoms with Crippen molar-refractivity contribution < 1.29 is 0 Å². The van der Waals surface area contributed by atoms with Crippen molar-refractivity contribution in [3.8, 4) is 0 Å². The van der Waals surface area contributed by atoms with E-state index in [0.717, 1.165) is 30.9 Å². The van der Waals surface area contributed by atoms with Crippen molar-refractivity contribution in [3.63, 3.8) is 0 Å². The largest absolute Gasteiger partial charge is 0.373 e. The summed E-state index contributed by atoms with van der Waals surface area (Å²) in [6.45, 7) is 1.88. The molecule has 0 aliphatic carbocycles. The van der Waals surface area contributed by atoms with Gasteiger partial charge in [-0.1, -0.05) is 29.3 Å². The third-order valence-electron chi connectivity index (χ3n) is 2.37. The van der Waals surface area contributed by atoms with E-state index in [4.69, 9.17) is 23.2 Å². The van der Waals surface area contributed by atoms with Gasteiger partial charge in [-0.05, 0) is 24.1 Å². The number of benzene rings is 1. The van der Waals surface area contributed by atoms with Crippen LogP contribution in [0.1, 0.15) is 12.0 Å². The summed E-state index contributed by atoms with van der Waals surface area (Å²) in [4.78, 5) is 4.40. The lowest BCUT2D eigenvalue weighted by molar-refractivity contribution is 0.731. The van der Waals surface area contributed by atoms with Crippen molar-refractivity contribution in [1.82, 2.24) is 5.32 Å². The highest BCUT2D eigenvalue weighted by molar-refractivity contribution is 6.36. The molecule has 2 rings (SSSR count). The maximum Gasteiger partial charge on any atom is 0.101 e. The van der Waals surface area contributed by atoms with E-state index in [1.54, 1.807) is 0 Å². The molecule has 1 aliphatic heterocycles. The second kappa shape index (κ2) is 4.86. The lowest BCUT2D eigenvalue weighted by atomic mass is 10.1. The van der Waals surface area contributed by atoms with Gasteiger partial charge in [0.25, 0.3) is 0 Å². The number of halogens is 2. The number of hydrogen-bond acceptors (Lipinski definition) is 2. The summed E-state index contributed by atoms with van der Waals surface area (Å²) in [5, 5.41) is 4.67. The molecule has 0 bridgehead atoms. The van der Waals surface area contributed by atoms with Crippen LogP contribution in [0.4, 0.5) is 0 Å². The molecular formula is C11H12Cl2N2. The number of nitrogens with one attached hydrogen (secondary N) is 1. The molecule has 0 saturated carbocycles. The Morgan fingerprint density at radius 2 is 2.00 bits per heavy atom. The van der Waals surface area contributed by atoms with Crippen molar-refractivity contribution >= 4 is 29.0 Å². The Hall–Kier alpha value is -0.730. The van der Waals surface area contributed by atoms with Crippen LogP contribution in [0, 0.1) is 0 Å². The number of hydrogen-bond donors (Lipinski definition) is 1. The smallest absolute Gasteiger partial charge is 0.101 e. The normalized spacial score (nSPS) is 15.7. The number of amidine groups is 1. The van der Waals surface area contributed by atoms with Crippen LogP contribution in [0.2, 0.25) is 10.0 Å². The van der Waals surface area contributed by atoms with Crippen molar-refractivity contribution in [3.05, 3.63) is 33.8 Å². The van der Waals surface area contributed by atoms with Gasteiger partial charge in [-0.15, -0.1) is 0 Å². The molecule has 4 heteroatoms. The average molecular weight is 243 g/mol. The van der Waals surface area contributed by atoms with Crippen LogP contribution in [0.15, 0.2) is 23.2 Å². The molecule has 0 saturated heterocycles. The molecule has 1 aromatic carbocycles. The maximum atomic E-state index is 6.08. The fourth-order valence-electron chi connectivity index (χ4n) is 1.57. The highest BCUT2D eigenvalue weighted by atomic mass is 35.5. The Morgan fingerprint density at radius 3 is 2.60 bits per heavy atom. The first-order chi connectivity index (χ1) is 7.27. The molecule has 0 fully saturated rings. The Kier molecular flexibility index (Phi) is 3.49. The van der Waals surface area contributed by atoms with Gasteiger partial charge in [0, 0.05) is 29.6 Å². The van der Waals surface area contributed by atoms with E-state index >= 15 is 0 Å². The molecule has 2 nitrogen and oxygen atoms in total. The van der Waals surface area contributed by atoms with E-state index in [2.05, 4.69) is 10.3 Å². The van der Waals surface area contributed by atoms with Crippen molar-refractivity contribution in [2.24, 2.45) is 4.99 Å². The first-order valence-corrected chi connectivity index (χ1v) is 5.73. The second-order valence-electron chi connectivity index (χ2n) is 3.49. The zero-order valence-electron chi connectivity index (χ0n) is 8.26. The fourth-order valence-corrected chi connectivity index (χ4v) is 2.10. The molecule has 1 heterocycles. The average Bonchev–Trinajstić information content (AvgIpc) is 2.25. The van der Waals surface area contributed by atoms with Crippen LogP contribution in [0.25, 0.3) is 0 Å². The summed E-state index contributed by atoms with van der Waals surface area (Å²) in [5.74, 6) is 0.983. The Bertz CT molecular complexity index is 368. The number of rotatable bonds is 2. The fraction of sp³-hybridized carbons (Fsp3) is 0.364. The highest BCUT2D eigenvalue weighted by Crippen LogP contribution is 2.24. The summed E-state index contributed by atoms with van der Waals surface area (Å²) < 4.78 is 0. The van der Waals surface area contributed by atoms with Crippen LogP contribution in [-0.2, 0) is 6.42 Å². The second-order valence-corrected chi connectivity index (χ2v) is 4.30. The van der Waals surface area contributed by atoms with Crippen LogP contribution < -0.4 is 5.32 Å². The summed E-state index contributed by atoms with van der Waals surface area (Å²) in [7, 11) is 0. The molecule has 0 aromatic heterocycles. The van der Waals surface area contributed by atoms with E-state index in [-0.39, 0.29) is 0 Å². The molecule has 1 aliphatic rings. The van der Waals surface area contributed by atoms with Gasteiger partial charge in [-0.3, -0.25) is 4.99 Å². The van der Waals surface area contributed by atoms with Crippen molar-refractivity contribution in [2.45, 2.75) is 12.8 Å².